The first-order valence-corrected chi connectivity index (χ1v) is 23.4. The molecule has 0 spiro atoms. The molecule has 1 aliphatic heterocycles. The molecular formula is C48H20S8. The van der Waals surface area contributed by atoms with Gasteiger partial charge in [0, 0.05) is 19.5 Å². The summed E-state index contributed by atoms with van der Waals surface area (Å²) in [6.45, 7) is 0. The molecule has 8 heteroatoms. The molecule has 0 N–H and O–H groups in total. The van der Waals surface area contributed by atoms with E-state index < -0.39 is 0 Å². The largest absolute Gasteiger partial charge is 0.127 e. The zero-order valence-electron chi connectivity index (χ0n) is 28.8. The maximum Gasteiger partial charge on any atom is 0.0785 e. The lowest BCUT2D eigenvalue weighted by molar-refractivity contribution is 1.86. The Labute approximate surface area is 357 Å². The fourth-order valence-electron chi connectivity index (χ4n) is 5.00. The van der Waals surface area contributed by atoms with E-state index in [1.54, 1.807) is 90.7 Å². The Bertz CT molecular complexity index is 2770. The topological polar surface area (TPSA) is 0 Å². The first-order valence-electron chi connectivity index (χ1n) is 16.9. The molecule has 0 atom stereocenters. The van der Waals surface area contributed by atoms with Crippen LogP contribution in [0.2, 0.25) is 0 Å². The average Bonchev–Trinajstić information content (AvgIpc) is 4.05. The molecule has 0 amide bonds. The number of hydrogen-bond donors (Lipinski definition) is 0. The van der Waals surface area contributed by atoms with Crippen LogP contribution in [0.5, 0.6) is 0 Å². The second-order valence-corrected chi connectivity index (χ2v) is 20.4. The zero-order chi connectivity index (χ0) is 37.5. The van der Waals surface area contributed by atoms with E-state index in [2.05, 4.69) is 144 Å². The molecule has 9 heterocycles. The molecule has 0 aliphatic carbocycles. The number of hydrogen-bond acceptors (Lipinski definition) is 8. The maximum atomic E-state index is 3.33. The van der Waals surface area contributed by atoms with Gasteiger partial charge in [-0.3, -0.25) is 0 Å². The highest BCUT2D eigenvalue weighted by atomic mass is 32.1. The van der Waals surface area contributed by atoms with E-state index in [1.807, 2.05) is 48.5 Å². The minimum atomic E-state index is 0.993. The summed E-state index contributed by atoms with van der Waals surface area (Å²) in [7, 11) is 0. The predicted octanol–water partition coefficient (Wildman–Crippen LogP) is 13.2. The van der Waals surface area contributed by atoms with Gasteiger partial charge in [0.05, 0.1) is 58.5 Å². The van der Waals surface area contributed by atoms with Gasteiger partial charge in [0.15, 0.2) is 0 Å². The minimum Gasteiger partial charge on any atom is -0.127 e. The van der Waals surface area contributed by atoms with Gasteiger partial charge in [-0.25, -0.2) is 0 Å². The van der Waals surface area contributed by atoms with Gasteiger partial charge < -0.3 is 0 Å². The summed E-state index contributed by atoms with van der Waals surface area (Å²) in [6, 6.07) is 33.1. The Hall–Kier alpha value is -5.56. The average molecular weight is 853 g/mol. The Morgan fingerprint density at radius 1 is 0.179 bits per heavy atom. The van der Waals surface area contributed by atoms with E-state index in [0.29, 0.717) is 0 Å². The van der Waals surface area contributed by atoms with Gasteiger partial charge in [-0.2, -0.15) is 0 Å². The van der Waals surface area contributed by atoms with Crippen molar-refractivity contribution < 1.29 is 0 Å². The van der Waals surface area contributed by atoms with Crippen molar-refractivity contribution in [3.8, 4) is 71.0 Å². The molecule has 0 unspecified atom stereocenters. The minimum absolute atomic E-state index is 0.993. The van der Waals surface area contributed by atoms with Gasteiger partial charge in [0.2, 0.25) is 0 Å². The van der Waals surface area contributed by atoms with E-state index in [9.17, 15) is 0 Å². The van der Waals surface area contributed by atoms with Gasteiger partial charge in [-0.15, -0.1) is 90.7 Å². The lowest BCUT2D eigenvalue weighted by atomic mass is 10.3. The van der Waals surface area contributed by atoms with Crippen LogP contribution in [0.3, 0.4) is 0 Å². The summed E-state index contributed by atoms with van der Waals surface area (Å²) >= 11 is 13.2. The number of rotatable bonds is 0. The van der Waals surface area contributed by atoms with Gasteiger partial charge in [0.25, 0.3) is 0 Å². The van der Waals surface area contributed by atoms with E-state index in [0.717, 1.165) is 78.0 Å². The van der Waals surface area contributed by atoms with Crippen molar-refractivity contribution in [2.24, 2.45) is 0 Å². The lowest BCUT2D eigenvalue weighted by Crippen LogP contribution is -1.64. The lowest BCUT2D eigenvalue weighted by Gasteiger charge is -1.84. The van der Waals surface area contributed by atoms with Crippen LogP contribution in [0.25, 0.3) is 24.3 Å². The highest BCUT2D eigenvalue weighted by Crippen LogP contribution is 2.25. The molecule has 8 aromatic heterocycles. The first-order chi connectivity index (χ1) is 27.6. The molecule has 56 heavy (non-hydrogen) atoms. The van der Waals surface area contributed by atoms with Crippen LogP contribution >= 0.6 is 90.7 Å². The van der Waals surface area contributed by atoms with E-state index in [4.69, 9.17) is 0 Å². The molecule has 0 nitrogen and oxygen atoms in total. The van der Waals surface area contributed by atoms with Crippen molar-refractivity contribution in [1.29, 1.82) is 0 Å². The molecule has 9 rings (SSSR count). The second kappa shape index (κ2) is 17.1. The van der Waals surface area contributed by atoms with Crippen molar-refractivity contribution in [1.82, 2.24) is 0 Å². The highest BCUT2D eigenvalue weighted by Gasteiger charge is 2.02. The molecule has 0 saturated carbocycles. The van der Waals surface area contributed by atoms with Gasteiger partial charge >= 0.3 is 0 Å². The quantitative estimate of drug-likeness (QED) is 0.133. The van der Waals surface area contributed by atoms with E-state index >= 15 is 0 Å². The third-order valence-corrected chi connectivity index (χ3v) is 15.1. The smallest absolute Gasteiger partial charge is 0.0785 e. The summed E-state index contributed by atoms with van der Waals surface area (Å²) < 4.78 is 0. The fourth-order valence-corrected chi connectivity index (χ4v) is 10.9. The van der Waals surface area contributed by atoms with Gasteiger partial charge in [0.1, 0.15) is 0 Å². The van der Waals surface area contributed by atoms with Crippen LogP contribution in [0.15, 0.2) is 97.1 Å². The number of thiophene rings is 8. The SMILES string of the molecule is C1#Cc2ccc(s2)C#Cc2ccc(s2)C=Cc2ccc(s2)C#Cc2ccc(s2)C#Cc2ccc(s2)C#Cc2ccc(s2)C=Cc2ccc(s2)C#Cc2ccc1s2. The van der Waals surface area contributed by atoms with E-state index in [1.165, 1.54) is 0 Å². The molecule has 1 aliphatic rings. The Balaban J connectivity index is 0.963. The van der Waals surface area contributed by atoms with Crippen molar-refractivity contribution >= 4 is 115 Å². The van der Waals surface area contributed by atoms with Crippen molar-refractivity contribution in [2.75, 3.05) is 0 Å². The summed E-state index contributed by atoms with van der Waals surface area (Å²) in [5.74, 6) is 39.8. The van der Waals surface area contributed by atoms with Crippen LogP contribution < -0.4 is 0 Å². The van der Waals surface area contributed by atoms with Crippen LogP contribution in [-0.4, -0.2) is 0 Å². The fraction of sp³-hybridized carbons (Fsp3) is 0. The standard InChI is InChI=1S/C48H20S8/c1-2-34-19-20-36-5-6-38(51-36)23-24-40-9-10-42(53-40)27-28-44-13-14-46(55-44)31-32-48-16-15-47(56-48)30-29-45-12-11-43(54-45)26-25-41-8-7-39(52-41)22-21-37-4-3-35(50-37)18-17-33(1)49-34/h1-18,31-32H. The molecule has 0 aromatic carbocycles. The predicted molar refractivity (Wildman–Crippen MR) is 248 cm³/mol. The highest BCUT2D eigenvalue weighted by molar-refractivity contribution is 7.16. The summed E-state index contributed by atoms with van der Waals surface area (Å²) in [5.41, 5.74) is 0. The van der Waals surface area contributed by atoms with Crippen molar-refractivity contribution in [2.45, 2.75) is 0 Å². The molecule has 0 fully saturated rings. The maximum absolute atomic E-state index is 3.33. The molecule has 16 bridgehead atoms. The Kier molecular flexibility index (Phi) is 11.0. The van der Waals surface area contributed by atoms with Crippen LogP contribution in [0.4, 0.5) is 0 Å². The van der Waals surface area contributed by atoms with Crippen molar-refractivity contribution in [3.63, 3.8) is 0 Å². The van der Waals surface area contributed by atoms with Crippen LogP contribution in [-0.2, 0) is 0 Å². The normalized spacial score (nSPS) is 11.4. The zero-order valence-corrected chi connectivity index (χ0v) is 35.3. The van der Waals surface area contributed by atoms with E-state index in [-0.39, 0.29) is 0 Å². The Morgan fingerprint density at radius 2 is 0.321 bits per heavy atom. The first kappa shape index (κ1) is 36.1. The summed E-state index contributed by atoms with van der Waals surface area (Å²) in [4.78, 5) is 16.7. The monoisotopic (exact) mass is 852 g/mol. The van der Waals surface area contributed by atoms with Crippen LogP contribution in [0, 0.1) is 71.0 Å². The van der Waals surface area contributed by atoms with Crippen LogP contribution in [0.1, 0.15) is 78.0 Å². The second-order valence-electron chi connectivity index (χ2n) is 11.6. The van der Waals surface area contributed by atoms with Gasteiger partial charge in [-0.1, -0.05) is 0 Å². The summed E-state index contributed by atoms with van der Waals surface area (Å²) in [5, 5.41) is 0. The summed E-state index contributed by atoms with van der Waals surface area (Å²) in [6.07, 6.45) is 8.56. The molecule has 260 valence electrons. The van der Waals surface area contributed by atoms with Gasteiger partial charge in [-0.05, 0) is 192 Å². The molecule has 0 saturated heterocycles. The van der Waals surface area contributed by atoms with Crippen molar-refractivity contribution in [3.05, 3.63) is 175 Å². The third-order valence-electron chi connectivity index (χ3n) is 7.61. The third kappa shape index (κ3) is 9.62. The number of fused-ring (bicyclic) bond motifs is 16. The Morgan fingerprint density at radius 3 is 0.500 bits per heavy atom. The molecular weight excluding hydrogens is 833 g/mol. The molecule has 0 radical (unpaired) electrons. The molecule has 8 aromatic rings.